The summed E-state index contributed by atoms with van der Waals surface area (Å²) < 4.78 is 23.7. The van der Waals surface area contributed by atoms with Crippen molar-refractivity contribution in [2.45, 2.75) is 19.0 Å². The van der Waals surface area contributed by atoms with Gasteiger partial charge in [0, 0.05) is 5.69 Å². The number of nitrogens with zero attached hydrogens (tertiary/aromatic N) is 2. The summed E-state index contributed by atoms with van der Waals surface area (Å²) in [4.78, 5) is 6.59. The van der Waals surface area contributed by atoms with Crippen LogP contribution >= 0.6 is 35.0 Å². The van der Waals surface area contributed by atoms with Crippen molar-refractivity contribution in [3.05, 3.63) is 28.2 Å². The molecule has 21 heavy (non-hydrogen) atoms. The van der Waals surface area contributed by atoms with Crippen molar-refractivity contribution in [1.29, 1.82) is 0 Å². The standard InChI is InChI=1S/C13H14Cl2N2O2S2/c1-2-20-13-16-11-6-21(18,19)7-12(11)17(13)8-3-4-9(14)10(15)5-8/h3-5,11-12H,2,6-7H2,1H3/t11-,12-/m1/s1. The molecule has 0 amide bonds. The van der Waals surface area contributed by atoms with E-state index in [4.69, 9.17) is 23.2 Å². The molecule has 1 saturated heterocycles. The molecular weight excluding hydrogens is 351 g/mol. The van der Waals surface area contributed by atoms with Gasteiger partial charge in [0.2, 0.25) is 0 Å². The van der Waals surface area contributed by atoms with E-state index in [0.717, 1.165) is 16.6 Å². The summed E-state index contributed by atoms with van der Waals surface area (Å²) in [5.74, 6) is 1.14. The summed E-state index contributed by atoms with van der Waals surface area (Å²) >= 11 is 13.7. The van der Waals surface area contributed by atoms with E-state index in [1.165, 1.54) is 0 Å². The molecule has 0 bridgehead atoms. The number of hydrogen-bond donors (Lipinski definition) is 0. The smallest absolute Gasteiger partial charge is 0.164 e. The van der Waals surface area contributed by atoms with Gasteiger partial charge in [0.25, 0.3) is 0 Å². The van der Waals surface area contributed by atoms with Crippen LogP contribution in [-0.4, -0.2) is 42.9 Å². The number of aliphatic imine (C=N–C) groups is 1. The maximum absolute atomic E-state index is 11.9. The van der Waals surface area contributed by atoms with Gasteiger partial charge in [-0.3, -0.25) is 4.99 Å². The lowest BCUT2D eigenvalue weighted by atomic mass is 10.1. The van der Waals surface area contributed by atoms with Gasteiger partial charge >= 0.3 is 0 Å². The van der Waals surface area contributed by atoms with Crippen LogP contribution in [0.1, 0.15) is 6.92 Å². The summed E-state index contributed by atoms with van der Waals surface area (Å²) in [5.41, 5.74) is 0.841. The fourth-order valence-electron chi connectivity index (χ4n) is 2.70. The van der Waals surface area contributed by atoms with Crippen molar-refractivity contribution in [1.82, 2.24) is 0 Å². The molecule has 0 N–H and O–H groups in total. The quantitative estimate of drug-likeness (QED) is 0.808. The van der Waals surface area contributed by atoms with E-state index in [1.54, 1.807) is 23.9 Å². The highest BCUT2D eigenvalue weighted by Gasteiger charge is 2.47. The number of thioether (sulfide) groups is 1. The number of hydrogen-bond acceptors (Lipinski definition) is 5. The lowest BCUT2D eigenvalue weighted by Gasteiger charge is -2.26. The second-order valence-corrected chi connectivity index (χ2v) is 9.22. The molecule has 1 aromatic rings. The molecule has 0 radical (unpaired) electrons. The van der Waals surface area contributed by atoms with Crippen LogP contribution in [0.2, 0.25) is 10.0 Å². The Morgan fingerprint density at radius 3 is 2.76 bits per heavy atom. The minimum atomic E-state index is -3.02. The van der Waals surface area contributed by atoms with E-state index >= 15 is 0 Å². The van der Waals surface area contributed by atoms with Gasteiger partial charge < -0.3 is 4.90 Å². The summed E-state index contributed by atoms with van der Waals surface area (Å²) in [6.45, 7) is 2.05. The van der Waals surface area contributed by atoms with Crippen LogP contribution in [0.15, 0.2) is 23.2 Å². The van der Waals surface area contributed by atoms with E-state index in [-0.39, 0.29) is 23.6 Å². The van der Waals surface area contributed by atoms with Gasteiger partial charge in [-0.15, -0.1) is 0 Å². The Morgan fingerprint density at radius 2 is 2.10 bits per heavy atom. The fourth-order valence-corrected chi connectivity index (χ4v) is 5.68. The van der Waals surface area contributed by atoms with E-state index in [1.807, 2.05) is 17.9 Å². The first-order valence-corrected chi connectivity index (χ1v) is 10.1. The number of benzene rings is 1. The molecule has 0 unspecified atom stereocenters. The van der Waals surface area contributed by atoms with Crippen LogP contribution in [0.4, 0.5) is 5.69 Å². The molecule has 1 aromatic carbocycles. The lowest BCUT2D eigenvalue weighted by Crippen LogP contribution is -2.39. The second-order valence-electron chi connectivity index (χ2n) is 5.02. The van der Waals surface area contributed by atoms with Crippen LogP contribution < -0.4 is 4.90 Å². The molecular formula is C13H14Cl2N2O2S2. The molecule has 4 nitrogen and oxygen atoms in total. The first-order valence-electron chi connectivity index (χ1n) is 6.56. The van der Waals surface area contributed by atoms with Crippen LogP contribution in [0.5, 0.6) is 0 Å². The highest BCUT2D eigenvalue weighted by Crippen LogP contribution is 2.37. The van der Waals surface area contributed by atoms with E-state index in [2.05, 4.69) is 4.99 Å². The summed E-state index contributed by atoms with van der Waals surface area (Å²) in [5, 5.41) is 1.80. The topological polar surface area (TPSA) is 49.7 Å². The Morgan fingerprint density at radius 1 is 1.33 bits per heavy atom. The number of anilines is 1. The number of sulfone groups is 1. The van der Waals surface area contributed by atoms with Gasteiger partial charge in [-0.25, -0.2) is 8.42 Å². The Hall–Kier alpha value is -0.430. The van der Waals surface area contributed by atoms with Crippen molar-refractivity contribution >= 4 is 55.7 Å². The molecule has 0 saturated carbocycles. The van der Waals surface area contributed by atoms with Gasteiger partial charge in [-0.1, -0.05) is 41.9 Å². The molecule has 2 aliphatic heterocycles. The normalized spacial score (nSPS) is 26.8. The summed E-state index contributed by atoms with van der Waals surface area (Å²) in [6.07, 6.45) is 0. The maximum Gasteiger partial charge on any atom is 0.164 e. The van der Waals surface area contributed by atoms with Gasteiger partial charge in [0.1, 0.15) is 0 Å². The molecule has 0 spiro atoms. The number of amidine groups is 1. The molecule has 114 valence electrons. The highest BCUT2D eigenvalue weighted by atomic mass is 35.5. The summed E-state index contributed by atoms with van der Waals surface area (Å²) in [6, 6.07) is 5.03. The molecule has 1 fully saturated rings. The molecule has 2 heterocycles. The van der Waals surface area contributed by atoms with Gasteiger partial charge in [-0.2, -0.15) is 0 Å². The van der Waals surface area contributed by atoms with E-state index < -0.39 is 9.84 Å². The Labute approximate surface area is 138 Å². The Balaban J connectivity index is 2.01. The molecule has 0 aliphatic carbocycles. The zero-order valence-corrected chi connectivity index (χ0v) is 14.4. The SMILES string of the molecule is CCSC1=N[C@@H]2CS(=O)(=O)C[C@H]2N1c1ccc(Cl)c(Cl)c1. The number of rotatable bonds is 2. The molecule has 0 aromatic heterocycles. The first-order chi connectivity index (χ1) is 9.91. The Kier molecular flexibility index (Phi) is 4.16. The highest BCUT2D eigenvalue weighted by molar-refractivity contribution is 8.14. The zero-order valence-electron chi connectivity index (χ0n) is 11.3. The predicted molar refractivity (Wildman–Crippen MR) is 90.7 cm³/mol. The average molecular weight is 365 g/mol. The van der Waals surface area contributed by atoms with Crippen LogP contribution in [0.25, 0.3) is 0 Å². The monoisotopic (exact) mass is 364 g/mol. The van der Waals surface area contributed by atoms with Crippen molar-refractivity contribution in [3.63, 3.8) is 0 Å². The van der Waals surface area contributed by atoms with E-state index in [9.17, 15) is 8.42 Å². The van der Waals surface area contributed by atoms with Gasteiger partial charge in [0.15, 0.2) is 15.0 Å². The minimum Gasteiger partial charge on any atom is -0.315 e. The first kappa shape index (κ1) is 15.5. The number of halogens is 2. The third-order valence-corrected chi connectivity index (χ3v) is 6.85. The largest absolute Gasteiger partial charge is 0.315 e. The van der Waals surface area contributed by atoms with Gasteiger partial charge in [-0.05, 0) is 24.0 Å². The van der Waals surface area contributed by atoms with Crippen molar-refractivity contribution in [2.75, 3.05) is 22.2 Å². The number of fused-ring (bicyclic) bond motifs is 1. The van der Waals surface area contributed by atoms with E-state index in [0.29, 0.717) is 10.0 Å². The van der Waals surface area contributed by atoms with Gasteiger partial charge in [0.05, 0.1) is 33.6 Å². The lowest BCUT2D eigenvalue weighted by molar-refractivity contribution is 0.601. The van der Waals surface area contributed by atoms with Crippen LogP contribution in [0.3, 0.4) is 0 Å². The molecule has 2 atom stereocenters. The summed E-state index contributed by atoms with van der Waals surface area (Å²) in [7, 11) is -3.02. The average Bonchev–Trinajstić information content (AvgIpc) is 2.85. The van der Waals surface area contributed by atoms with Crippen molar-refractivity contribution < 1.29 is 8.42 Å². The zero-order chi connectivity index (χ0) is 15.2. The minimum absolute atomic E-state index is 0.128. The molecule has 8 heteroatoms. The second kappa shape index (κ2) is 5.65. The maximum atomic E-state index is 11.9. The third-order valence-electron chi connectivity index (χ3n) is 3.56. The van der Waals surface area contributed by atoms with Crippen LogP contribution in [0, 0.1) is 0 Å². The third kappa shape index (κ3) is 2.91. The molecule has 2 aliphatic rings. The fraction of sp³-hybridized carbons (Fsp3) is 0.462. The van der Waals surface area contributed by atoms with Crippen molar-refractivity contribution in [3.8, 4) is 0 Å². The predicted octanol–water partition coefficient (Wildman–Crippen LogP) is 3.09. The molecule has 3 rings (SSSR count). The Bertz CT molecular complexity index is 706. The van der Waals surface area contributed by atoms with Crippen molar-refractivity contribution in [2.24, 2.45) is 4.99 Å². The van der Waals surface area contributed by atoms with Crippen LogP contribution in [-0.2, 0) is 9.84 Å².